The second-order valence-corrected chi connectivity index (χ2v) is 5.64. The molecule has 4 nitrogen and oxygen atoms in total. The Balaban J connectivity index is 1.77. The Morgan fingerprint density at radius 1 is 1.12 bits per heavy atom. The molecule has 130 valence electrons. The molecule has 0 unspecified atom stereocenters. The van der Waals surface area contributed by atoms with E-state index in [1.165, 1.54) is 24.3 Å². The number of ether oxygens (including phenoxy) is 2. The van der Waals surface area contributed by atoms with E-state index in [1.54, 1.807) is 24.3 Å². The van der Waals surface area contributed by atoms with Gasteiger partial charge in [-0.15, -0.1) is 0 Å². The third kappa shape index (κ3) is 4.15. The van der Waals surface area contributed by atoms with Crippen molar-refractivity contribution in [3.8, 4) is 11.5 Å². The number of halogens is 2. The van der Waals surface area contributed by atoms with Crippen LogP contribution in [0.3, 0.4) is 0 Å². The van der Waals surface area contributed by atoms with Crippen LogP contribution in [0.25, 0.3) is 6.08 Å². The number of allylic oxidation sites excluding steroid dienone is 1. The number of alkyl halides is 2. The van der Waals surface area contributed by atoms with Gasteiger partial charge in [-0.1, -0.05) is 30.3 Å². The average Bonchev–Trinajstić information content (AvgIpc) is 2.60. The first-order chi connectivity index (χ1) is 11.9. The molecular weight excluding hydrogens is 330 g/mol. The molecule has 0 radical (unpaired) electrons. The molecule has 1 aliphatic rings. The van der Waals surface area contributed by atoms with Crippen molar-refractivity contribution in [3.63, 3.8) is 0 Å². The van der Waals surface area contributed by atoms with Gasteiger partial charge in [0, 0.05) is 6.42 Å². The summed E-state index contributed by atoms with van der Waals surface area (Å²) in [6.45, 7) is 0.880. The van der Waals surface area contributed by atoms with Gasteiger partial charge in [0.15, 0.2) is 11.5 Å². The van der Waals surface area contributed by atoms with Crippen molar-refractivity contribution in [2.75, 3.05) is 13.2 Å². The first-order valence-corrected chi connectivity index (χ1v) is 7.72. The number of carbonyl (C=O) groups is 1. The van der Waals surface area contributed by atoms with Crippen molar-refractivity contribution in [2.45, 2.75) is 12.3 Å². The molecule has 0 aromatic heterocycles. The highest BCUT2D eigenvalue weighted by Gasteiger charge is 2.27. The molecular formula is C19H16F2O4. The maximum absolute atomic E-state index is 14.2. The molecule has 0 saturated carbocycles. The van der Waals surface area contributed by atoms with Gasteiger partial charge in [-0.2, -0.15) is 0 Å². The molecule has 0 atom stereocenters. The topological polar surface area (TPSA) is 55.8 Å². The minimum atomic E-state index is -3.18. The number of hydrogen-bond acceptors (Lipinski definition) is 3. The fourth-order valence-corrected chi connectivity index (χ4v) is 2.58. The van der Waals surface area contributed by atoms with E-state index >= 15 is 0 Å². The van der Waals surface area contributed by atoms with Gasteiger partial charge < -0.3 is 14.6 Å². The predicted octanol–water partition coefficient (Wildman–Crippen LogP) is 4.05. The molecule has 3 rings (SSSR count). The monoisotopic (exact) mass is 346 g/mol. The SMILES string of the molecule is O=C(O)c1ccccc1CC(F)(F)C=Cc1ccc2c(c1)OCCO2. The molecule has 0 aliphatic carbocycles. The van der Waals surface area contributed by atoms with Crippen molar-refractivity contribution in [1.82, 2.24) is 0 Å². The van der Waals surface area contributed by atoms with E-state index in [0.29, 0.717) is 30.3 Å². The Morgan fingerprint density at radius 3 is 2.60 bits per heavy atom. The molecule has 0 amide bonds. The molecule has 0 fully saturated rings. The molecule has 1 aliphatic heterocycles. The van der Waals surface area contributed by atoms with Gasteiger partial charge in [0.05, 0.1) is 5.56 Å². The lowest BCUT2D eigenvalue weighted by Crippen LogP contribution is -2.18. The highest BCUT2D eigenvalue weighted by atomic mass is 19.3. The lowest BCUT2D eigenvalue weighted by atomic mass is 10.0. The van der Waals surface area contributed by atoms with Crippen LogP contribution in [0.15, 0.2) is 48.5 Å². The van der Waals surface area contributed by atoms with Gasteiger partial charge in [0.25, 0.3) is 5.92 Å². The number of fused-ring (bicyclic) bond motifs is 1. The Labute approximate surface area is 143 Å². The zero-order valence-electron chi connectivity index (χ0n) is 13.2. The zero-order valence-corrected chi connectivity index (χ0v) is 13.2. The largest absolute Gasteiger partial charge is 0.486 e. The Hall–Kier alpha value is -2.89. The average molecular weight is 346 g/mol. The van der Waals surface area contributed by atoms with Crippen LogP contribution in [0.2, 0.25) is 0 Å². The molecule has 25 heavy (non-hydrogen) atoms. The van der Waals surface area contributed by atoms with E-state index in [0.717, 1.165) is 6.08 Å². The first kappa shape index (κ1) is 17.0. The van der Waals surface area contributed by atoms with Gasteiger partial charge in [-0.25, -0.2) is 13.6 Å². The van der Waals surface area contributed by atoms with Gasteiger partial charge in [-0.05, 0) is 35.4 Å². The summed E-state index contributed by atoms with van der Waals surface area (Å²) in [6, 6.07) is 10.7. The summed E-state index contributed by atoms with van der Waals surface area (Å²) >= 11 is 0. The first-order valence-electron chi connectivity index (χ1n) is 7.72. The quantitative estimate of drug-likeness (QED) is 0.887. The standard InChI is InChI=1S/C19H16F2O4/c20-19(21,12-14-3-1-2-4-15(14)18(22)23)8-7-13-5-6-16-17(11-13)25-10-9-24-16/h1-8,11H,9-10,12H2,(H,22,23). The minimum Gasteiger partial charge on any atom is -0.486 e. The van der Waals surface area contributed by atoms with E-state index in [2.05, 4.69) is 0 Å². The summed E-state index contributed by atoms with van der Waals surface area (Å²) in [5.74, 6) is -3.29. The summed E-state index contributed by atoms with van der Waals surface area (Å²) in [6.07, 6.45) is 1.38. The van der Waals surface area contributed by atoms with E-state index in [4.69, 9.17) is 14.6 Å². The van der Waals surface area contributed by atoms with E-state index in [9.17, 15) is 13.6 Å². The Bertz CT molecular complexity index is 815. The van der Waals surface area contributed by atoms with Gasteiger partial charge >= 0.3 is 5.97 Å². The second kappa shape index (κ2) is 6.93. The van der Waals surface area contributed by atoms with Crippen molar-refractivity contribution in [2.24, 2.45) is 0 Å². The van der Waals surface area contributed by atoms with Crippen LogP contribution in [0, 0.1) is 0 Å². The van der Waals surface area contributed by atoms with Gasteiger partial charge in [0.2, 0.25) is 0 Å². The van der Waals surface area contributed by atoms with Crippen LogP contribution in [0.4, 0.5) is 8.78 Å². The maximum atomic E-state index is 14.2. The number of rotatable bonds is 5. The zero-order chi connectivity index (χ0) is 17.9. The van der Waals surface area contributed by atoms with Crippen LogP contribution < -0.4 is 9.47 Å². The van der Waals surface area contributed by atoms with E-state index in [1.807, 2.05) is 0 Å². The molecule has 0 saturated heterocycles. The molecule has 0 spiro atoms. The molecule has 2 aromatic carbocycles. The summed E-state index contributed by atoms with van der Waals surface area (Å²) in [7, 11) is 0. The fraction of sp³-hybridized carbons (Fsp3) is 0.211. The predicted molar refractivity (Wildman–Crippen MR) is 88.5 cm³/mol. The lowest BCUT2D eigenvalue weighted by Gasteiger charge is -2.18. The third-order valence-electron chi connectivity index (χ3n) is 3.76. The molecule has 1 N–H and O–H groups in total. The van der Waals surface area contributed by atoms with Crippen molar-refractivity contribution in [1.29, 1.82) is 0 Å². The summed E-state index contributed by atoms with van der Waals surface area (Å²) < 4.78 is 39.3. The highest BCUT2D eigenvalue weighted by Crippen LogP contribution is 2.32. The normalized spacial score (nSPS) is 13.8. The van der Waals surface area contributed by atoms with Crippen LogP contribution in [-0.4, -0.2) is 30.2 Å². The number of aromatic carboxylic acids is 1. The Morgan fingerprint density at radius 2 is 1.84 bits per heavy atom. The highest BCUT2D eigenvalue weighted by molar-refractivity contribution is 5.89. The Kier molecular flexibility index (Phi) is 4.70. The fourth-order valence-electron chi connectivity index (χ4n) is 2.58. The maximum Gasteiger partial charge on any atom is 0.335 e. The summed E-state index contributed by atoms with van der Waals surface area (Å²) in [4.78, 5) is 11.1. The van der Waals surface area contributed by atoms with Crippen molar-refractivity contribution >= 4 is 12.0 Å². The summed E-state index contributed by atoms with van der Waals surface area (Å²) in [5.41, 5.74) is 0.525. The number of hydrogen-bond donors (Lipinski definition) is 1. The molecule has 6 heteroatoms. The van der Waals surface area contributed by atoms with Crippen LogP contribution in [0.1, 0.15) is 21.5 Å². The van der Waals surface area contributed by atoms with Crippen LogP contribution in [-0.2, 0) is 6.42 Å². The van der Waals surface area contributed by atoms with Gasteiger partial charge in [0.1, 0.15) is 13.2 Å². The lowest BCUT2D eigenvalue weighted by molar-refractivity contribution is 0.0557. The minimum absolute atomic E-state index is 0.0897. The molecule has 0 bridgehead atoms. The number of carboxylic acids is 1. The molecule has 1 heterocycles. The van der Waals surface area contributed by atoms with Gasteiger partial charge in [-0.3, -0.25) is 0 Å². The van der Waals surface area contributed by atoms with Crippen LogP contribution in [0.5, 0.6) is 11.5 Å². The summed E-state index contributed by atoms with van der Waals surface area (Å²) in [5, 5.41) is 9.09. The third-order valence-corrected chi connectivity index (χ3v) is 3.76. The van der Waals surface area contributed by atoms with Crippen LogP contribution >= 0.6 is 0 Å². The smallest absolute Gasteiger partial charge is 0.335 e. The number of carboxylic acid groups (broad SMARTS) is 1. The van der Waals surface area contributed by atoms with E-state index in [-0.39, 0.29) is 11.1 Å². The molecule has 2 aromatic rings. The van der Waals surface area contributed by atoms with E-state index < -0.39 is 18.3 Å². The van der Waals surface area contributed by atoms with Crippen molar-refractivity contribution < 1.29 is 28.2 Å². The second-order valence-electron chi connectivity index (χ2n) is 5.64. The van der Waals surface area contributed by atoms with Crippen molar-refractivity contribution in [3.05, 3.63) is 65.2 Å². The number of benzene rings is 2.